The summed E-state index contributed by atoms with van der Waals surface area (Å²) in [5, 5.41) is 10.6. The molecule has 0 aliphatic rings. The standard InChI is InChI=1S/C77H134O17P2/c1-5-9-13-17-21-25-29-32-33-34-35-36-37-40-43-46-50-54-58-62-75(80)88-68-73(94-77(82)64-60-56-52-48-44-39-31-27-23-19-15-11-7-3)70-92-96(85,86)90-66-71(78)65-89-95(83,84)91-69-72(93-76(81)63-59-55-51-47-41-28-24-20-16-12-8-4)67-87-74(79)61-57-53-49-45-42-38-30-26-22-18-14-10-6-2/h9,13-14,18,20-21,24-27,30-33,35-36,71-73,78H,5-8,10-12,15-17,19,22-23,28-29,34,37-70H2,1-4H3,(H,83,84)(H,85,86)/b13-9-,18-14-,24-20-,25-21-,30-26-,31-27-,33-32-,36-35-. The molecule has 0 aliphatic heterocycles. The molecule has 0 aromatic carbocycles. The normalized spacial score (nSPS) is 14.5. The van der Waals surface area contributed by atoms with Crippen molar-refractivity contribution in [3.05, 3.63) is 97.2 Å². The van der Waals surface area contributed by atoms with Crippen molar-refractivity contribution in [2.75, 3.05) is 39.6 Å². The third-order valence-corrected chi connectivity index (χ3v) is 17.4. The Kier molecular flexibility index (Phi) is 66.6. The molecule has 96 heavy (non-hydrogen) atoms. The molecule has 0 heterocycles. The van der Waals surface area contributed by atoms with Gasteiger partial charge in [0.05, 0.1) is 26.4 Å². The lowest BCUT2D eigenvalue weighted by Gasteiger charge is -2.21. The molecular weight excluding hydrogens is 1260 g/mol. The van der Waals surface area contributed by atoms with Gasteiger partial charge in [0, 0.05) is 25.7 Å². The van der Waals surface area contributed by atoms with Crippen LogP contribution in [0.1, 0.15) is 310 Å². The second-order valence-electron chi connectivity index (χ2n) is 24.8. The van der Waals surface area contributed by atoms with Gasteiger partial charge in [0.25, 0.3) is 0 Å². The van der Waals surface area contributed by atoms with Gasteiger partial charge in [-0.3, -0.25) is 37.3 Å². The highest BCUT2D eigenvalue weighted by molar-refractivity contribution is 7.47. The Hall–Kier alpha value is -4.02. The van der Waals surface area contributed by atoms with Crippen molar-refractivity contribution < 1.29 is 80.2 Å². The summed E-state index contributed by atoms with van der Waals surface area (Å²) in [5.41, 5.74) is 0. The molecule has 17 nitrogen and oxygen atoms in total. The van der Waals surface area contributed by atoms with Crippen molar-refractivity contribution in [3.8, 4) is 0 Å². The molecule has 0 aromatic rings. The van der Waals surface area contributed by atoms with Crippen LogP contribution < -0.4 is 0 Å². The van der Waals surface area contributed by atoms with Gasteiger partial charge in [0.2, 0.25) is 0 Å². The van der Waals surface area contributed by atoms with Crippen molar-refractivity contribution in [2.24, 2.45) is 0 Å². The Morgan fingerprint density at radius 1 is 0.302 bits per heavy atom. The van der Waals surface area contributed by atoms with E-state index in [0.29, 0.717) is 25.7 Å². The van der Waals surface area contributed by atoms with Gasteiger partial charge >= 0.3 is 39.5 Å². The molecule has 0 fully saturated rings. The van der Waals surface area contributed by atoms with Crippen LogP contribution in [-0.4, -0.2) is 96.7 Å². The molecule has 0 aromatic heterocycles. The van der Waals surface area contributed by atoms with Gasteiger partial charge in [-0.1, -0.05) is 247 Å². The zero-order chi connectivity index (χ0) is 70.4. The average molecular weight is 1390 g/mol. The molecular formula is C77H134O17P2. The van der Waals surface area contributed by atoms with Crippen molar-refractivity contribution in [1.29, 1.82) is 0 Å². The lowest BCUT2D eigenvalue weighted by molar-refractivity contribution is -0.161. The number of carbonyl (C=O) groups is 4. The fourth-order valence-corrected chi connectivity index (χ4v) is 11.3. The zero-order valence-corrected chi connectivity index (χ0v) is 62.1. The first-order valence-corrected chi connectivity index (χ1v) is 40.5. The molecule has 0 saturated carbocycles. The van der Waals surface area contributed by atoms with Crippen LogP contribution in [0.4, 0.5) is 0 Å². The van der Waals surface area contributed by atoms with E-state index in [-0.39, 0.29) is 25.7 Å². The lowest BCUT2D eigenvalue weighted by atomic mass is 10.1. The smallest absolute Gasteiger partial charge is 0.462 e. The van der Waals surface area contributed by atoms with E-state index in [1.165, 1.54) is 38.5 Å². The number of carbonyl (C=O) groups excluding carboxylic acids is 4. The van der Waals surface area contributed by atoms with Crippen LogP contribution in [0, 0.1) is 0 Å². The number of ether oxygens (including phenoxy) is 4. The van der Waals surface area contributed by atoms with Gasteiger partial charge in [-0.05, 0) is 135 Å². The maximum atomic E-state index is 13.1. The number of aliphatic hydroxyl groups is 1. The minimum atomic E-state index is -4.98. The van der Waals surface area contributed by atoms with Crippen LogP contribution in [0.15, 0.2) is 97.2 Å². The fraction of sp³-hybridized carbons (Fsp3) is 0.740. The zero-order valence-electron chi connectivity index (χ0n) is 60.3. The van der Waals surface area contributed by atoms with Crippen LogP contribution in [0.25, 0.3) is 0 Å². The molecule has 0 amide bonds. The number of phosphoric acid groups is 2. The predicted molar refractivity (Wildman–Crippen MR) is 390 cm³/mol. The van der Waals surface area contributed by atoms with E-state index in [9.17, 15) is 43.2 Å². The molecule has 0 saturated heterocycles. The second-order valence-corrected chi connectivity index (χ2v) is 27.8. The highest BCUT2D eigenvalue weighted by Gasteiger charge is 2.30. The Morgan fingerprint density at radius 3 is 0.917 bits per heavy atom. The summed E-state index contributed by atoms with van der Waals surface area (Å²) in [4.78, 5) is 72.7. The summed E-state index contributed by atoms with van der Waals surface area (Å²) in [6.45, 7) is 4.60. The molecule has 5 unspecified atom stereocenters. The van der Waals surface area contributed by atoms with E-state index < -0.39 is 97.5 Å². The van der Waals surface area contributed by atoms with E-state index in [4.69, 9.17) is 37.0 Å². The summed E-state index contributed by atoms with van der Waals surface area (Å²) >= 11 is 0. The molecule has 554 valence electrons. The van der Waals surface area contributed by atoms with Gasteiger partial charge in [-0.25, -0.2) is 9.13 Å². The number of allylic oxidation sites excluding steroid dienone is 16. The Bertz CT molecular complexity index is 2200. The number of hydrogen-bond donors (Lipinski definition) is 3. The average Bonchev–Trinajstić information content (AvgIpc) is 1.17. The first-order valence-electron chi connectivity index (χ1n) is 37.5. The maximum absolute atomic E-state index is 13.1. The number of hydrogen-bond acceptors (Lipinski definition) is 15. The highest BCUT2D eigenvalue weighted by atomic mass is 31.2. The Morgan fingerprint density at radius 2 is 0.573 bits per heavy atom. The van der Waals surface area contributed by atoms with E-state index in [1.54, 1.807) is 0 Å². The Balaban J connectivity index is 5.32. The van der Waals surface area contributed by atoms with Crippen LogP contribution in [0.5, 0.6) is 0 Å². The number of esters is 4. The monoisotopic (exact) mass is 1390 g/mol. The summed E-state index contributed by atoms with van der Waals surface area (Å²) < 4.78 is 68.3. The van der Waals surface area contributed by atoms with E-state index in [0.717, 1.165) is 193 Å². The summed E-state index contributed by atoms with van der Waals surface area (Å²) in [6, 6.07) is 0. The fourth-order valence-electron chi connectivity index (χ4n) is 9.75. The minimum absolute atomic E-state index is 0.0812. The molecule has 0 radical (unpaired) electrons. The van der Waals surface area contributed by atoms with Crippen molar-refractivity contribution >= 4 is 39.5 Å². The highest BCUT2D eigenvalue weighted by Crippen LogP contribution is 2.45. The van der Waals surface area contributed by atoms with Gasteiger partial charge < -0.3 is 33.8 Å². The number of aliphatic hydroxyl groups excluding tert-OH is 1. The van der Waals surface area contributed by atoms with Crippen LogP contribution in [-0.2, 0) is 65.4 Å². The maximum Gasteiger partial charge on any atom is 0.472 e. The van der Waals surface area contributed by atoms with Crippen LogP contribution in [0.2, 0.25) is 0 Å². The molecule has 3 N–H and O–H groups in total. The largest absolute Gasteiger partial charge is 0.472 e. The minimum Gasteiger partial charge on any atom is -0.462 e. The number of phosphoric ester groups is 2. The summed E-state index contributed by atoms with van der Waals surface area (Å²) in [7, 11) is -9.95. The van der Waals surface area contributed by atoms with Crippen LogP contribution in [0.3, 0.4) is 0 Å². The van der Waals surface area contributed by atoms with Crippen LogP contribution >= 0.6 is 15.6 Å². The quantitative estimate of drug-likeness (QED) is 0.0169. The molecule has 0 rings (SSSR count). The third kappa shape index (κ3) is 68.5. The molecule has 0 spiro atoms. The number of rotatable bonds is 70. The van der Waals surface area contributed by atoms with Crippen molar-refractivity contribution in [3.63, 3.8) is 0 Å². The van der Waals surface area contributed by atoms with E-state index in [2.05, 4.69) is 125 Å². The number of unbranched alkanes of at least 4 members (excludes halogenated alkanes) is 28. The van der Waals surface area contributed by atoms with Gasteiger partial charge in [-0.15, -0.1) is 0 Å². The summed E-state index contributed by atoms with van der Waals surface area (Å²) in [5.74, 6) is -2.22. The van der Waals surface area contributed by atoms with E-state index in [1.807, 2.05) is 0 Å². The summed E-state index contributed by atoms with van der Waals surface area (Å²) in [6.07, 6.45) is 71.2. The SMILES string of the molecule is CC/C=C\C/C=C\C/C=C\C/C=C\CCCCCCCCC(=O)OCC(COP(=O)(O)OCC(O)COP(=O)(O)OCC(COC(=O)CCCCCCC/C=C\C/C=C\CCC)OC(=O)CCCCCCC/C=C\CCCC)OC(=O)CCCCCCC/C=C\CCCCCC. The van der Waals surface area contributed by atoms with Gasteiger partial charge in [0.1, 0.15) is 19.3 Å². The molecule has 0 bridgehead atoms. The first-order chi connectivity index (χ1) is 46.7. The predicted octanol–water partition coefficient (Wildman–Crippen LogP) is 21.2. The van der Waals surface area contributed by atoms with Crippen molar-refractivity contribution in [1.82, 2.24) is 0 Å². The molecule has 0 aliphatic carbocycles. The van der Waals surface area contributed by atoms with Crippen molar-refractivity contribution in [2.45, 2.75) is 329 Å². The molecule has 19 heteroatoms. The van der Waals surface area contributed by atoms with E-state index >= 15 is 0 Å². The topological polar surface area (TPSA) is 237 Å². The second kappa shape index (κ2) is 69.5. The lowest BCUT2D eigenvalue weighted by Crippen LogP contribution is -2.30. The third-order valence-electron chi connectivity index (χ3n) is 15.5. The van der Waals surface area contributed by atoms with Gasteiger partial charge in [-0.2, -0.15) is 0 Å². The molecule has 5 atom stereocenters. The van der Waals surface area contributed by atoms with Gasteiger partial charge in [0.15, 0.2) is 12.2 Å². The Labute approximate surface area is 582 Å². The first kappa shape index (κ1) is 92.0.